The maximum absolute atomic E-state index is 13.5. The fraction of sp³-hybridized carbons (Fsp3) is 0.118. The quantitative estimate of drug-likeness (QED) is 0.778. The summed E-state index contributed by atoms with van der Waals surface area (Å²) in [6.07, 6.45) is 0. The van der Waals surface area contributed by atoms with Gasteiger partial charge in [0.25, 0.3) is 5.91 Å². The predicted octanol–water partition coefficient (Wildman–Crippen LogP) is 3.12. The zero-order valence-electron chi connectivity index (χ0n) is 13.0. The molecule has 1 heterocycles. The zero-order valence-corrected chi connectivity index (χ0v) is 13.8. The van der Waals surface area contributed by atoms with E-state index in [9.17, 15) is 18.4 Å². The number of nitrogens with zero attached hydrogens (tertiary/aromatic N) is 2. The van der Waals surface area contributed by atoms with Gasteiger partial charge in [-0.3, -0.25) is 9.59 Å². The van der Waals surface area contributed by atoms with Gasteiger partial charge in [-0.1, -0.05) is 29.0 Å². The number of carbonyl (C=O) groups excluding carboxylic acids is 1. The van der Waals surface area contributed by atoms with Gasteiger partial charge in [-0.05, 0) is 25.1 Å². The molecule has 0 unspecified atom stereocenters. The highest BCUT2D eigenvalue weighted by molar-refractivity contribution is 7.16. The molecule has 0 spiro atoms. The lowest BCUT2D eigenvalue weighted by Crippen LogP contribution is -2.21. The highest BCUT2D eigenvalue weighted by atomic mass is 32.1. The fourth-order valence-electron chi connectivity index (χ4n) is 2.29. The van der Waals surface area contributed by atoms with Gasteiger partial charge in [0.1, 0.15) is 6.54 Å². The first-order valence-corrected chi connectivity index (χ1v) is 8.02. The van der Waals surface area contributed by atoms with Crippen molar-refractivity contribution in [2.45, 2.75) is 13.5 Å². The minimum atomic E-state index is -1.19. The minimum Gasteiger partial charge on any atom is -0.480 e. The van der Waals surface area contributed by atoms with Crippen LogP contribution in [0.5, 0.6) is 0 Å². The number of aromatic nitrogens is 1. The smallest absolute Gasteiger partial charge is 0.323 e. The second kappa shape index (κ2) is 6.56. The number of halogens is 2. The molecule has 0 saturated heterocycles. The maximum atomic E-state index is 13.5. The van der Waals surface area contributed by atoms with Gasteiger partial charge >= 0.3 is 5.97 Å². The molecule has 0 saturated carbocycles. The van der Waals surface area contributed by atoms with Gasteiger partial charge in [-0.15, -0.1) is 0 Å². The van der Waals surface area contributed by atoms with E-state index < -0.39 is 30.1 Å². The fourth-order valence-corrected chi connectivity index (χ4v) is 3.32. The number of aliphatic carboxylic acids is 1. The monoisotopic (exact) mass is 362 g/mol. The van der Waals surface area contributed by atoms with E-state index in [-0.39, 0.29) is 10.3 Å². The Morgan fingerprint density at radius 1 is 1.16 bits per heavy atom. The van der Waals surface area contributed by atoms with Crippen LogP contribution in [0.4, 0.5) is 8.78 Å². The van der Waals surface area contributed by atoms with Gasteiger partial charge in [-0.25, -0.2) is 8.78 Å². The van der Waals surface area contributed by atoms with E-state index >= 15 is 0 Å². The molecule has 128 valence electrons. The van der Waals surface area contributed by atoms with Gasteiger partial charge in [-0.2, -0.15) is 4.99 Å². The summed E-state index contributed by atoms with van der Waals surface area (Å²) in [5, 5.41) is 9.06. The molecular weight excluding hydrogens is 350 g/mol. The Balaban J connectivity index is 2.18. The van der Waals surface area contributed by atoms with E-state index in [2.05, 4.69) is 4.99 Å². The summed E-state index contributed by atoms with van der Waals surface area (Å²) >= 11 is 0.920. The molecule has 3 aromatic rings. The largest absolute Gasteiger partial charge is 0.480 e. The second-order valence-corrected chi connectivity index (χ2v) is 6.39. The van der Waals surface area contributed by atoms with E-state index in [1.165, 1.54) is 4.57 Å². The van der Waals surface area contributed by atoms with Gasteiger partial charge < -0.3 is 9.67 Å². The number of hydrogen-bond acceptors (Lipinski definition) is 3. The van der Waals surface area contributed by atoms with Crippen molar-refractivity contribution in [2.75, 3.05) is 0 Å². The number of carboxylic acids is 1. The summed E-state index contributed by atoms with van der Waals surface area (Å²) < 4.78 is 28.4. The number of thiazole rings is 1. The van der Waals surface area contributed by atoms with Crippen LogP contribution in [0.2, 0.25) is 0 Å². The van der Waals surface area contributed by atoms with E-state index in [0.717, 1.165) is 29.0 Å². The van der Waals surface area contributed by atoms with Gasteiger partial charge in [0.2, 0.25) is 0 Å². The molecule has 0 fully saturated rings. The third-order valence-corrected chi connectivity index (χ3v) is 4.56. The topological polar surface area (TPSA) is 71.7 Å². The van der Waals surface area contributed by atoms with Crippen LogP contribution < -0.4 is 4.80 Å². The first kappa shape index (κ1) is 17.0. The second-order valence-electron chi connectivity index (χ2n) is 5.38. The molecular formula is C17H12F2N2O3S. The van der Waals surface area contributed by atoms with Gasteiger partial charge in [0, 0.05) is 11.6 Å². The van der Waals surface area contributed by atoms with Gasteiger partial charge in [0.15, 0.2) is 16.4 Å². The number of benzene rings is 2. The van der Waals surface area contributed by atoms with Crippen molar-refractivity contribution in [1.82, 2.24) is 4.57 Å². The Bertz CT molecular complexity index is 1050. The lowest BCUT2D eigenvalue weighted by molar-refractivity contribution is -0.137. The third-order valence-electron chi connectivity index (χ3n) is 3.51. The number of carbonyl (C=O) groups is 2. The summed E-state index contributed by atoms with van der Waals surface area (Å²) in [4.78, 5) is 27.4. The SMILES string of the molecule is Cc1ccc(C(=O)/N=c2\sc3cc(F)c(F)cc3n2CC(=O)O)cc1. The van der Waals surface area contributed by atoms with Crippen LogP contribution >= 0.6 is 11.3 Å². The molecule has 8 heteroatoms. The average molecular weight is 362 g/mol. The van der Waals surface area contributed by atoms with Crippen LogP contribution in [0.25, 0.3) is 10.2 Å². The summed E-state index contributed by atoms with van der Waals surface area (Å²) in [5.74, 6) is -3.89. The van der Waals surface area contributed by atoms with Crippen molar-refractivity contribution in [3.05, 3.63) is 64.0 Å². The summed E-state index contributed by atoms with van der Waals surface area (Å²) in [5.41, 5.74) is 1.48. The number of rotatable bonds is 3. The van der Waals surface area contributed by atoms with Crippen molar-refractivity contribution < 1.29 is 23.5 Å². The molecule has 2 aromatic carbocycles. The summed E-state index contributed by atoms with van der Waals surface area (Å²) in [6.45, 7) is 1.35. The molecule has 0 radical (unpaired) electrons. The van der Waals surface area contributed by atoms with E-state index in [1.807, 2.05) is 6.92 Å². The number of carboxylic acid groups (broad SMARTS) is 1. The van der Waals surface area contributed by atoms with Crippen LogP contribution in [-0.2, 0) is 11.3 Å². The maximum Gasteiger partial charge on any atom is 0.323 e. The Hall–Kier alpha value is -2.87. The van der Waals surface area contributed by atoms with Crippen LogP contribution in [0.3, 0.4) is 0 Å². The van der Waals surface area contributed by atoms with Crippen LogP contribution in [0, 0.1) is 18.6 Å². The molecule has 0 aliphatic carbocycles. The number of hydrogen-bond donors (Lipinski definition) is 1. The molecule has 0 bridgehead atoms. The number of fused-ring (bicyclic) bond motifs is 1. The van der Waals surface area contributed by atoms with E-state index in [4.69, 9.17) is 5.11 Å². The lowest BCUT2D eigenvalue weighted by Gasteiger charge is -2.02. The Morgan fingerprint density at radius 3 is 2.44 bits per heavy atom. The highest BCUT2D eigenvalue weighted by Crippen LogP contribution is 2.21. The van der Waals surface area contributed by atoms with Crippen LogP contribution in [0.1, 0.15) is 15.9 Å². The van der Waals surface area contributed by atoms with Crippen molar-refractivity contribution in [3.8, 4) is 0 Å². The van der Waals surface area contributed by atoms with Crippen molar-refractivity contribution >= 4 is 33.4 Å². The summed E-state index contributed by atoms with van der Waals surface area (Å²) in [7, 11) is 0. The Morgan fingerprint density at radius 2 is 1.80 bits per heavy atom. The first-order chi connectivity index (χ1) is 11.8. The van der Waals surface area contributed by atoms with Gasteiger partial charge in [0.05, 0.1) is 10.2 Å². The molecule has 1 amide bonds. The van der Waals surface area contributed by atoms with Crippen molar-refractivity contribution in [1.29, 1.82) is 0 Å². The molecule has 0 atom stereocenters. The number of aryl methyl sites for hydroxylation is 1. The minimum absolute atomic E-state index is 0.0629. The zero-order chi connectivity index (χ0) is 18.1. The third kappa shape index (κ3) is 3.48. The molecule has 3 rings (SSSR count). The normalized spacial score (nSPS) is 11.9. The van der Waals surface area contributed by atoms with E-state index in [1.54, 1.807) is 24.3 Å². The first-order valence-electron chi connectivity index (χ1n) is 7.21. The average Bonchev–Trinajstić information content (AvgIpc) is 2.85. The van der Waals surface area contributed by atoms with E-state index in [0.29, 0.717) is 10.3 Å². The Labute approximate surface area is 144 Å². The van der Waals surface area contributed by atoms with Crippen molar-refractivity contribution in [2.24, 2.45) is 4.99 Å². The molecule has 5 nitrogen and oxygen atoms in total. The molecule has 25 heavy (non-hydrogen) atoms. The van der Waals surface area contributed by atoms with Crippen LogP contribution in [0.15, 0.2) is 41.4 Å². The molecule has 0 aliphatic heterocycles. The van der Waals surface area contributed by atoms with Crippen LogP contribution in [-0.4, -0.2) is 21.6 Å². The molecule has 1 N–H and O–H groups in total. The predicted molar refractivity (Wildman–Crippen MR) is 88.4 cm³/mol. The molecule has 1 aromatic heterocycles. The van der Waals surface area contributed by atoms with Crippen molar-refractivity contribution in [3.63, 3.8) is 0 Å². The molecule has 0 aliphatic rings. The lowest BCUT2D eigenvalue weighted by atomic mass is 10.1. The Kier molecular flexibility index (Phi) is 4.45. The highest BCUT2D eigenvalue weighted by Gasteiger charge is 2.14. The summed E-state index contributed by atoms with van der Waals surface area (Å²) in [6, 6.07) is 8.58. The number of amides is 1. The standard InChI is InChI=1S/C17H12F2N2O3S/c1-9-2-4-10(5-3-9)16(24)20-17-21(8-15(22)23)13-6-11(18)12(19)7-14(13)25-17/h2-7H,8H2,1H3,(H,22,23)/b20-17-.